The Labute approximate surface area is 210 Å². The van der Waals surface area contributed by atoms with Crippen molar-refractivity contribution >= 4 is 28.8 Å². The molecule has 3 heterocycles. The summed E-state index contributed by atoms with van der Waals surface area (Å²) < 4.78 is 16.6. The number of esters is 1. The molecule has 35 heavy (non-hydrogen) atoms. The van der Waals surface area contributed by atoms with E-state index in [0.717, 1.165) is 24.4 Å². The molecule has 0 aromatic heterocycles. The lowest BCUT2D eigenvalue weighted by atomic mass is 9.92. The molecule has 1 aromatic carbocycles. The molecule has 0 radical (unpaired) electrons. The number of ether oxygens (including phenoxy) is 3. The van der Waals surface area contributed by atoms with Gasteiger partial charge in [0.2, 0.25) is 5.91 Å². The Kier molecular flexibility index (Phi) is 7.71. The second-order valence-corrected chi connectivity index (χ2v) is 9.42. The summed E-state index contributed by atoms with van der Waals surface area (Å²) in [5.74, 6) is 0.862. The molecule has 1 fully saturated rings. The van der Waals surface area contributed by atoms with Gasteiger partial charge in [-0.3, -0.25) is 4.79 Å². The van der Waals surface area contributed by atoms with Gasteiger partial charge in [-0.2, -0.15) is 0 Å². The first-order chi connectivity index (χ1) is 16.9. The van der Waals surface area contributed by atoms with Gasteiger partial charge in [0.15, 0.2) is 5.17 Å². The van der Waals surface area contributed by atoms with Crippen molar-refractivity contribution in [2.24, 2.45) is 4.99 Å². The van der Waals surface area contributed by atoms with Crippen molar-refractivity contribution in [1.29, 1.82) is 0 Å². The van der Waals surface area contributed by atoms with E-state index in [9.17, 15) is 9.59 Å². The number of likely N-dealkylation sites (N-methyl/N-ethyl adjacent to an activating group) is 1. The highest BCUT2D eigenvalue weighted by Gasteiger charge is 2.42. The van der Waals surface area contributed by atoms with Crippen molar-refractivity contribution < 1.29 is 23.8 Å². The number of thioether (sulfide) groups is 1. The van der Waals surface area contributed by atoms with Crippen LogP contribution in [0.15, 0.2) is 45.6 Å². The first-order valence-corrected chi connectivity index (χ1v) is 12.6. The zero-order valence-electron chi connectivity index (χ0n) is 20.9. The normalized spacial score (nSPS) is 20.3. The molecule has 9 nitrogen and oxygen atoms in total. The lowest BCUT2D eigenvalue weighted by Crippen LogP contribution is -2.47. The number of amidine groups is 1. The van der Waals surface area contributed by atoms with Crippen LogP contribution >= 0.6 is 11.8 Å². The van der Waals surface area contributed by atoms with Gasteiger partial charge in [-0.25, -0.2) is 9.79 Å². The van der Waals surface area contributed by atoms with Crippen LogP contribution in [0.5, 0.6) is 11.5 Å². The standard InChI is InChI=1S/C25H32N4O5S/c1-6-34-24(31)22-16(2)26-25-29(23(22)19-14-18(32-4)7-8-20(19)33-5)17(15-35-25)13-21(30)28-11-9-27(3)10-12-28/h7-8,14-15,23H,6,9-13H2,1-5H3/t23-/m0/s1. The molecule has 3 aliphatic heterocycles. The maximum atomic E-state index is 13.2. The summed E-state index contributed by atoms with van der Waals surface area (Å²) in [6.07, 6.45) is 0.216. The Bertz CT molecular complexity index is 1090. The summed E-state index contributed by atoms with van der Waals surface area (Å²) in [6.45, 7) is 6.95. The highest BCUT2D eigenvalue weighted by molar-refractivity contribution is 8.16. The lowest BCUT2D eigenvalue weighted by Gasteiger charge is -2.38. The fraction of sp³-hybridized carbons (Fsp3) is 0.480. The van der Waals surface area contributed by atoms with Crippen LogP contribution in [-0.2, 0) is 14.3 Å². The van der Waals surface area contributed by atoms with E-state index in [1.165, 1.54) is 11.8 Å². The highest BCUT2D eigenvalue weighted by atomic mass is 32.2. The summed E-state index contributed by atoms with van der Waals surface area (Å²) >= 11 is 1.45. The highest BCUT2D eigenvalue weighted by Crippen LogP contribution is 2.47. The molecule has 0 spiro atoms. The fourth-order valence-corrected chi connectivity index (χ4v) is 5.47. The lowest BCUT2D eigenvalue weighted by molar-refractivity contribution is -0.139. The number of methoxy groups -OCH3 is 2. The molecule has 188 valence electrons. The van der Waals surface area contributed by atoms with E-state index in [1.54, 1.807) is 21.1 Å². The molecule has 1 atom stereocenters. The van der Waals surface area contributed by atoms with Gasteiger partial charge in [0.25, 0.3) is 0 Å². The van der Waals surface area contributed by atoms with Crippen molar-refractivity contribution in [3.63, 3.8) is 0 Å². The zero-order chi connectivity index (χ0) is 25.1. The predicted molar refractivity (Wildman–Crippen MR) is 135 cm³/mol. The minimum absolute atomic E-state index is 0.0616. The number of carbonyl (C=O) groups excluding carboxylic acids is 2. The van der Waals surface area contributed by atoms with Gasteiger partial charge >= 0.3 is 5.97 Å². The quantitative estimate of drug-likeness (QED) is 0.529. The van der Waals surface area contributed by atoms with Gasteiger partial charge in [0.05, 0.1) is 44.6 Å². The molecule has 1 aromatic rings. The SMILES string of the molecule is CCOC(=O)C1=C(C)N=C2SC=C(CC(=O)N3CCN(C)CC3)N2[C@H]1c1cc(OC)ccc1OC. The number of aliphatic imine (C=N–C) groups is 1. The Morgan fingerprint density at radius 2 is 1.89 bits per heavy atom. The van der Waals surface area contributed by atoms with Crippen LogP contribution in [0.3, 0.4) is 0 Å². The van der Waals surface area contributed by atoms with Gasteiger partial charge in [-0.15, -0.1) is 0 Å². The molecule has 0 N–H and O–H groups in total. The molecule has 4 rings (SSSR count). The van der Waals surface area contributed by atoms with Gasteiger partial charge < -0.3 is 28.9 Å². The average molecular weight is 501 g/mol. The maximum absolute atomic E-state index is 13.2. The van der Waals surface area contributed by atoms with Crippen LogP contribution in [0.4, 0.5) is 0 Å². The molecule has 0 unspecified atom stereocenters. The molecular formula is C25H32N4O5S. The minimum atomic E-state index is -0.576. The Morgan fingerprint density at radius 3 is 2.54 bits per heavy atom. The van der Waals surface area contributed by atoms with Crippen LogP contribution in [-0.4, -0.2) is 85.8 Å². The number of benzene rings is 1. The number of nitrogens with zero attached hydrogens (tertiary/aromatic N) is 4. The van der Waals surface area contributed by atoms with Gasteiger partial charge in [-0.1, -0.05) is 11.8 Å². The smallest absolute Gasteiger partial charge is 0.338 e. The van der Waals surface area contributed by atoms with Crippen molar-refractivity contribution in [2.75, 3.05) is 54.1 Å². The predicted octanol–water partition coefficient (Wildman–Crippen LogP) is 3.01. The second kappa shape index (κ2) is 10.7. The zero-order valence-corrected chi connectivity index (χ0v) is 21.7. The maximum Gasteiger partial charge on any atom is 0.338 e. The average Bonchev–Trinajstić information content (AvgIpc) is 3.24. The summed E-state index contributed by atoms with van der Waals surface area (Å²) in [5, 5.41) is 2.67. The Balaban J connectivity index is 1.74. The first kappa shape index (κ1) is 25.1. The van der Waals surface area contributed by atoms with Gasteiger partial charge in [0, 0.05) is 37.4 Å². The van der Waals surface area contributed by atoms with Crippen LogP contribution in [0.2, 0.25) is 0 Å². The number of allylic oxidation sites excluding steroid dienone is 1. The van der Waals surface area contributed by atoms with E-state index in [-0.39, 0.29) is 18.9 Å². The number of amides is 1. The topological polar surface area (TPSA) is 83.9 Å². The number of hydrogen-bond acceptors (Lipinski definition) is 9. The van der Waals surface area contributed by atoms with Gasteiger partial charge in [-0.05, 0) is 44.5 Å². The molecule has 0 bridgehead atoms. The van der Waals surface area contributed by atoms with Crippen LogP contribution in [0.25, 0.3) is 0 Å². The van der Waals surface area contributed by atoms with Crippen molar-refractivity contribution in [3.05, 3.63) is 46.1 Å². The van der Waals surface area contributed by atoms with E-state index in [1.807, 2.05) is 40.3 Å². The first-order valence-electron chi connectivity index (χ1n) is 11.7. The number of hydrogen-bond donors (Lipinski definition) is 0. The summed E-state index contributed by atoms with van der Waals surface area (Å²) in [6, 6.07) is 4.92. The Hall–Kier alpha value is -2.98. The molecule has 10 heteroatoms. The number of carbonyl (C=O) groups is 2. The monoisotopic (exact) mass is 500 g/mol. The largest absolute Gasteiger partial charge is 0.497 e. The number of rotatable bonds is 7. The molecule has 1 saturated heterocycles. The van der Waals surface area contributed by atoms with Crippen LogP contribution in [0, 0.1) is 0 Å². The van der Waals surface area contributed by atoms with E-state index in [2.05, 4.69) is 11.9 Å². The molecule has 0 saturated carbocycles. The summed E-state index contributed by atoms with van der Waals surface area (Å²) in [5.41, 5.74) is 2.53. The third kappa shape index (κ3) is 5.04. The molecule has 0 aliphatic carbocycles. The van der Waals surface area contributed by atoms with Gasteiger partial charge in [0.1, 0.15) is 11.5 Å². The fourth-order valence-electron chi connectivity index (χ4n) is 4.51. The minimum Gasteiger partial charge on any atom is -0.497 e. The Morgan fingerprint density at radius 1 is 1.14 bits per heavy atom. The van der Waals surface area contributed by atoms with Crippen LogP contribution < -0.4 is 9.47 Å². The van der Waals surface area contributed by atoms with Crippen molar-refractivity contribution in [1.82, 2.24) is 14.7 Å². The van der Waals surface area contributed by atoms with Crippen molar-refractivity contribution in [3.8, 4) is 11.5 Å². The molecule has 3 aliphatic rings. The van der Waals surface area contributed by atoms with E-state index in [4.69, 9.17) is 19.2 Å². The number of piperazine rings is 1. The number of fused-ring (bicyclic) bond motifs is 1. The third-order valence-corrected chi connectivity index (χ3v) is 7.30. The summed E-state index contributed by atoms with van der Waals surface area (Å²) in [4.78, 5) is 37.2. The summed E-state index contributed by atoms with van der Waals surface area (Å²) in [7, 11) is 5.25. The van der Waals surface area contributed by atoms with Crippen molar-refractivity contribution in [2.45, 2.75) is 26.3 Å². The van der Waals surface area contributed by atoms with E-state index >= 15 is 0 Å². The molecular weight excluding hydrogens is 468 g/mol. The third-order valence-electron chi connectivity index (χ3n) is 6.42. The van der Waals surface area contributed by atoms with E-state index in [0.29, 0.717) is 41.0 Å². The molecule has 1 amide bonds. The van der Waals surface area contributed by atoms with E-state index < -0.39 is 12.0 Å². The second-order valence-electron chi connectivity index (χ2n) is 8.58. The van der Waals surface area contributed by atoms with Crippen LogP contribution in [0.1, 0.15) is 31.9 Å².